The molecule has 2 N–H and O–H groups in total. The summed E-state index contributed by atoms with van der Waals surface area (Å²) in [6.45, 7) is 8.69. The van der Waals surface area contributed by atoms with Crippen LogP contribution in [0.15, 0.2) is 6.33 Å². The van der Waals surface area contributed by atoms with E-state index in [0.29, 0.717) is 12.5 Å². The standard InChI is InChI=1S/C12H21N3O/c1-5-10(9(4)13)11-8(3)12(16-6-2)15-7-14-11/h7,9-10H,5-6,13H2,1-4H3. The highest BCUT2D eigenvalue weighted by Crippen LogP contribution is 2.27. The molecule has 0 aliphatic heterocycles. The number of ether oxygens (including phenoxy) is 1. The minimum absolute atomic E-state index is 0.0908. The van der Waals surface area contributed by atoms with Crippen molar-refractivity contribution in [2.75, 3.05) is 6.61 Å². The fraction of sp³-hybridized carbons (Fsp3) is 0.667. The van der Waals surface area contributed by atoms with Gasteiger partial charge in [-0.05, 0) is 27.2 Å². The maximum absolute atomic E-state index is 5.97. The zero-order valence-corrected chi connectivity index (χ0v) is 10.5. The molecule has 0 radical (unpaired) electrons. The second-order valence-electron chi connectivity index (χ2n) is 4.00. The van der Waals surface area contributed by atoms with Gasteiger partial charge in [-0.25, -0.2) is 9.97 Å². The molecule has 0 aliphatic rings. The molecule has 0 fully saturated rings. The van der Waals surface area contributed by atoms with Crippen molar-refractivity contribution in [1.82, 2.24) is 9.97 Å². The number of nitrogens with two attached hydrogens (primary N) is 1. The quantitative estimate of drug-likeness (QED) is 0.829. The molecule has 2 atom stereocenters. The SMILES string of the molecule is CCOc1ncnc(C(CC)C(C)N)c1C. The zero-order chi connectivity index (χ0) is 12.1. The van der Waals surface area contributed by atoms with Gasteiger partial charge in [-0.3, -0.25) is 0 Å². The van der Waals surface area contributed by atoms with Crippen LogP contribution < -0.4 is 10.5 Å². The first-order chi connectivity index (χ1) is 7.61. The Morgan fingerprint density at radius 3 is 2.56 bits per heavy atom. The average Bonchev–Trinajstić information content (AvgIpc) is 2.24. The lowest BCUT2D eigenvalue weighted by Crippen LogP contribution is -2.26. The summed E-state index contributed by atoms with van der Waals surface area (Å²) >= 11 is 0. The second kappa shape index (κ2) is 5.80. The van der Waals surface area contributed by atoms with Crippen molar-refractivity contribution >= 4 is 0 Å². The Labute approximate surface area is 97.2 Å². The molecule has 1 aromatic heterocycles. The molecule has 90 valence electrons. The summed E-state index contributed by atoms with van der Waals surface area (Å²) in [5.41, 5.74) is 7.99. The summed E-state index contributed by atoms with van der Waals surface area (Å²) < 4.78 is 5.46. The molecule has 4 nitrogen and oxygen atoms in total. The maximum atomic E-state index is 5.97. The Bertz CT molecular complexity index is 339. The number of hydrogen-bond acceptors (Lipinski definition) is 4. The van der Waals surface area contributed by atoms with Crippen LogP contribution in [-0.4, -0.2) is 22.6 Å². The fourth-order valence-corrected chi connectivity index (χ4v) is 1.92. The molecule has 0 aromatic carbocycles. The third kappa shape index (κ3) is 2.70. The highest BCUT2D eigenvalue weighted by molar-refractivity contribution is 5.31. The Balaban J connectivity index is 3.08. The predicted octanol–water partition coefficient (Wildman–Crippen LogP) is 2.02. The van der Waals surface area contributed by atoms with Crippen LogP contribution in [0.4, 0.5) is 0 Å². The van der Waals surface area contributed by atoms with Crippen LogP contribution in [0.1, 0.15) is 44.4 Å². The molecule has 0 amide bonds. The van der Waals surface area contributed by atoms with Gasteiger partial charge in [0.2, 0.25) is 5.88 Å². The van der Waals surface area contributed by atoms with Gasteiger partial charge in [0.25, 0.3) is 0 Å². The van der Waals surface area contributed by atoms with Crippen LogP contribution in [0, 0.1) is 6.92 Å². The van der Waals surface area contributed by atoms with Gasteiger partial charge in [0, 0.05) is 17.5 Å². The van der Waals surface area contributed by atoms with Crippen molar-refractivity contribution in [1.29, 1.82) is 0 Å². The zero-order valence-electron chi connectivity index (χ0n) is 10.5. The van der Waals surface area contributed by atoms with E-state index in [-0.39, 0.29) is 12.0 Å². The number of nitrogens with zero attached hydrogens (tertiary/aromatic N) is 2. The number of hydrogen-bond donors (Lipinski definition) is 1. The third-order valence-electron chi connectivity index (χ3n) is 2.78. The van der Waals surface area contributed by atoms with Crippen LogP contribution in [0.3, 0.4) is 0 Å². The van der Waals surface area contributed by atoms with E-state index < -0.39 is 0 Å². The molecular weight excluding hydrogens is 202 g/mol. The van der Waals surface area contributed by atoms with E-state index in [1.165, 1.54) is 0 Å². The van der Waals surface area contributed by atoms with Gasteiger partial charge < -0.3 is 10.5 Å². The summed E-state index contributed by atoms with van der Waals surface area (Å²) in [6, 6.07) is 0.0908. The molecule has 2 unspecified atom stereocenters. The first-order valence-corrected chi connectivity index (χ1v) is 5.81. The monoisotopic (exact) mass is 223 g/mol. The maximum Gasteiger partial charge on any atom is 0.219 e. The summed E-state index contributed by atoms with van der Waals surface area (Å²) in [7, 11) is 0. The van der Waals surface area contributed by atoms with Gasteiger partial charge in [0.15, 0.2) is 0 Å². The molecule has 1 aromatic rings. The van der Waals surface area contributed by atoms with E-state index in [1.54, 1.807) is 6.33 Å². The van der Waals surface area contributed by atoms with Crippen molar-refractivity contribution < 1.29 is 4.74 Å². The highest BCUT2D eigenvalue weighted by atomic mass is 16.5. The largest absolute Gasteiger partial charge is 0.478 e. The van der Waals surface area contributed by atoms with Gasteiger partial charge >= 0.3 is 0 Å². The fourth-order valence-electron chi connectivity index (χ4n) is 1.92. The summed E-state index contributed by atoms with van der Waals surface area (Å²) in [5, 5.41) is 0. The average molecular weight is 223 g/mol. The van der Waals surface area contributed by atoms with Crippen molar-refractivity contribution in [3.8, 4) is 5.88 Å². The Hall–Kier alpha value is -1.16. The van der Waals surface area contributed by atoms with E-state index in [2.05, 4.69) is 16.9 Å². The van der Waals surface area contributed by atoms with Gasteiger partial charge in [0.05, 0.1) is 12.3 Å². The van der Waals surface area contributed by atoms with Crippen LogP contribution in [0.5, 0.6) is 5.88 Å². The second-order valence-corrected chi connectivity index (χ2v) is 4.00. The molecule has 16 heavy (non-hydrogen) atoms. The minimum Gasteiger partial charge on any atom is -0.478 e. The molecule has 4 heteroatoms. The van der Waals surface area contributed by atoms with Crippen molar-refractivity contribution in [3.05, 3.63) is 17.6 Å². The molecule has 0 saturated carbocycles. The Morgan fingerprint density at radius 1 is 1.38 bits per heavy atom. The summed E-state index contributed by atoms with van der Waals surface area (Å²) in [5.74, 6) is 0.939. The van der Waals surface area contributed by atoms with Crippen LogP contribution in [0.25, 0.3) is 0 Å². The normalized spacial score (nSPS) is 14.6. The van der Waals surface area contributed by atoms with Gasteiger partial charge in [0.1, 0.15) is 6.33 Å². The molecule has 0 spiro atoms. The van der Waals surface area contributed by atoms with E-state index in [0.717, 1.165) is 17.7 Å². The van der Waals surface area contributed by atoms with E-state index in [9.17, 15) is 0 Å². The van der Waals surface area contributed by atoms with Crippen molar-refractivity contribution in [3.63, 3.8) is 0 Å². The van der Waals surface area contributed by atoms with Gasteiger partial charge in [-0.15, -0.1) is 0 Å². The van der Waals surface area contributed by atoms with Crippen molar-refractivity contribution in [2.45, 2.75) is 46.1 Å². The minimum atomic E-state index is 0.0908. The van der Waals surface area contributed by atoms with Gasteiger partial charge in [-0.2, -0.15) is 0 Å². The van der Waals surface area contributed by atoms with Gasteiger partial charge in [-0.1, -0.05) is 6.92 Å². The highest BCUT2D eigenvalue weighted by Gasteiger charge is 2.20. The first kappa shape index (κ1) is 12.9. The van der Waals surface area contributed by atoms with Crippen molar-refractivity contribution in [2.24, 2.45) is 5.73 Å². The lowest BCUT2D eigenvalue weighted by Gasteiger charge is -2.20. The lowest BCUT2D eigenvalue weighted by atomic mass is 9.92. The van der Waals surface area contributed by atoms with Crippen LogP contribution >= 0.6 is 0 Å². The molecule has 1 rings (SSSR count). The van der Waals surface area contributed by atoms with E-state index in [4.69, 9.17) is 10.5 Å². The Morgan fingerprint density at radius 2 is 2.06 bits per heavy atom. The third-order valence-corrected chi connectivity index (χ3v) is 2.78. The summed E-state index contributed by atoms with van der Waals surface area (Å²) in [4.78, 5) is 8.47. The molecule has 0 aliphatic carbocycles. The van der Waals surface area contributed by atoms with Crippen LogP contribution in [0.2, 0.25) is 0 Å². The number of aromatic nitrogens is 2. The van der Waals surface area contributed by atoms with Crippen LogP contribution in [-0.2, 0) is 0 Å². The smallest absolute Gasteiger partial charge is 0.219 e. The molecular formula is C12H21N3O. The molecule has 0 bridgehead atoms. The van der Waals surface area contributed by atoms with E-state index >= 15 is 0 Å². The topological polar surface area (TPSA) is 61.0 Å². The lowest BCUT2D eigenvalue weighted by molar-refractivity contribution is 0.322. The number of rotatable bonds is 5. The first-order valence-electron chi connectivity index (χ1n) is 5.81. The summed E-state index contributed by atoms with van der Waals surface area (Å²) in [6.07, 6.45) is 2.53. The molecule has 1 heterocycles. The predicted molar refractivity (Wildman–Crippen MR) is 64.6 cm³/mol. The Kier molecular flexibility index (Phi) is 4.68. The van der Waals surface area contributed by atoms with E-state index in [1.807, 2.05) is 20.8 Å². The molecule has 0 saturated heterocycles.